The minimum atomic E-state index is -1.26. The normalized spacial score (nSPS) is 13.4. The number of aromatic nitrogens is 2. The van der Waals surface area contributed by atoms with E-state index in [4.69, 9.17) is 0 Å². The van der Waals surface area contributed by atoms with Crippen LogP contribution in [0.5, 0.6) is 0 Å². The lowest BCUT2D eigenvalue weighted by atomic mass is 10.1. The number of hydrogen-bond acceptors (Lipinski definition) is 3. The molecule has 6 nitrogen and oxygen atoms in total. The summed E-state index contributed by atoms with van der Waals surface area (Å²) in [6, 6.07) is 3.98. The van der Waals surface area contributed by atoms with Crippen molar-refractivity contribution >= 4 is 6.03 Å². The molecule has 0 saturated heterocycles. The van der Waals surface area contributed by atoms with Gasteiger partial charge in [0, 0.05) is 36.6 Å². The number of aliphatic hydroxyl groups excluding tert-OH is 1. The molecule has 2 rings (SSSR count). The molecule has 0 unspecified atom stereocenters. The van der Waals surface area contributed by atoms with Gasteiger partial charge in [-0.2, -0.15) is 5.10 Å². The molecule has 3 N–H and O–H groups in total. The highest BCUT2D eigenvalue weighted by Gasteiger charge is 2.15. The molecule has 1 aromatic carbocycles. The Morgan fingerprint density at radius 1 is 1.43 bits per heavy atom. The smallest absolute Gasteiger partial charge is 0.315 e. The second kappa shape index (κ2) is 7.68. The van der Waals surface area contributed by atoms with Gasteiger partial charge in [-0.1, -0.05) is 6.07 Å². The van der Waals surface area contributed by atoms with Gasteiger partial charge in [0.05, 0.1) is 12.6 Å². The zero-order chi connectivity index (χ0) is 16.8. The lowest BCUT2D eigenvalue weighted by Gasteiger charge is -2.17. The van der Waals surface area contributed by atoms with E-state index in [1.807, 2.05) is 0 Å². The minimum absolute atomic E-state index is 0.0729. The van der Waals surface area contributed by atoms with E-state index in [2.05, 4.69) is 15.7 Å². The Balaban J connectivity index is 1.79. The van der Waals surface area contributed by atoms with Crippen LogP contribution in [0.25, 0.3) is 0 Å². The third-order valence-corrected chi connectivity index (χ3v) is 3.18. The summed E-state index contributed by atoms with van der Waals surface area (Å²) in [5.41, 5.74) is -0.0729. The standard InChI is InChI=1S/C15H18F2N4O2/c1-10(9-21-6-2-5-19-21)20-15(23)18-8-14(22)12-4-3-11(16)7-13(12)17/h2-7,10,14,22H,8-9H2,1H3,(H2,18,20,23)/t10-,14-/m0/s1. The summed E-state index contributed by atoms with van der Waals surface area (Å²) < 4.78 is 28.0. The molecular formula is C15H18F2N4O2. The first-order chi connectivity index (χ1) is 11.0. The van der Waals surface area contributed by atoms with Gasteiger partial charge < -0.3 is 15.7 Å². The average Bonchev–Trinajstić information content (AvgIpc) is 2.97. The van der Waals surface area contributed by atoms with Crippen molar-refractivity contribution in [2.75, 3.05) is 6.54 Å². The Labute approximate surface area is 132 Å². The monoisotopic (exact) mass is 324 g/mol. The maximum atomic E-state index is 13.5. The van der Waals surface area contributed by atoms with Crippen LogP contribution >= 0.6 is 0 Å². The molecule has 0 fully saturated rings. The van der Waals surface area contributed by atoms with Gasteiger partial charge in [0.2, 0.25) is 0 Å². The van der Waals surface area contributed by atoms with Crippen LogP contribution in [0.1, 0.15) is 18.6 Å². The number of carbonyl (C=O) groups excluding carboxylic acids is 1. The van der Waals surface area contributed by atoms with Crippen molar-refractivity contribution < 1.29 is 18.7 Å². The van der Waals surface area contributed by atoms with Crippen LogP contribution in [-0.2, 0) is 6.54 Å². The molecule has 0 saturated carbocycles. The first-order valence-electron chi connectivity index (χ1n) is 7.10. The van der Waals surface area contributed by atoms with E-state index in [0.717, 1.165) is 12.1 Å². The summed E-state index contributed by atoms with van der Waals surface area (Å²) in [6.07, 6.45) is 2.15. The number of halogens is 2. The van der Waals surface area contributed by atoms with Gasteiger partial charge in [-0.15, -0.1) is 0 Å². The highest BCUT2D eigenvalue weighted by molar-refractivity contribution is 5.74. The first-order valence-corrected chi connectivity index (χ1v) is 7.10. The molecule has 2 amide bonds. The maximum Gasteiger partial charge on any atom is 0.315 e. The van der Waals surface area contributed by atoms with E-state index in [0.29, 0.717) is 12.6 Å². The van der Waals surface area contributed by atoms with Crippen LogP contribution in [0.15, 0.2) is 36.7 Å². The largest absolute Gasteiger partial charge is 0.386 e. The third kappa shape index (κ3) is 5.03. The van der Waals surface area contributed by atoms with Crippen LogP contribution in [0, 0.1) is 11.6 Å². The van der Waals surface area contributed by atoms with Gasteiger partial charge in [0.15, 0.2) is 0 Å². The number of amides is 2. The summed E-state index contributed by atoms with van der Waals surface area (Å²) in [5.74, 6) is -1.58. The van der Waals surface area contributed by atoms with Gasteiger partial charge in [-0.25, -0.2) is 13.6 Å². The predicted molar refractivity (Wildman–Crippen MR) is 79.5 cm³/mol. The fourth-order valence-electron chi connectivity index (χ4n) is 2.08. The summed E-state index contributed by atoms with van der Waals surface area (Å²) in [6.45, 7) is 2.11. The molecule has 1 heterocycles. The molecule has 2 atom stereocenters. The summed E-state index contributed by atoms with van der Waals surface area (Å²) in [5, 5.41) is 19.0. The molecular weight excluding hydrogens is 306 g/mol. The van der Waals surface area contributed by atoms with E-state index in [1.165, 1.54) is 0 Å². The number of urea groups is 1. The summed E-state index contributed by atoms with van der Waals surface area (Å²) in [7, 11) is 0. The van der Waals surface area contributed by atoms with E-state index in [9.17, 15) is 18.7 Å². The van der Waals surface area contributed by atoms with Gasteiger partial charge in [0.1, 0.15) is 11.6 Å². The quantitative estimate of drug-likeness (QED) is 0.755. The van der Waals surface area contributed by atoms with Crippen molar-refractivity contribution in [2.24, 2.45) is 0 Å². The van der Waals surface area contributed by atoms with Gasteiger partial charge in [-0.05, 0) is 19.1 Å². The summed E-state index contributed by atoms with van der Waals surface area (Å²) >= 11 is 0. The SMILES string of the molecule is C[C@@H](Cn1cccn1)NC(=O)NC[C@H](O)c1ccc(F)cc1F. The second-order valence-corrected chi connectivity index (χ2v) is 5.17. The van der Waals surface area contributed by atoms with Gasteiger partial charge in [-0.3, -0.25) is 4.68 Å². The van der Waals surface area contributed by atoms with Crippen molar-refractivity contribution in [1.82, 2.24) is 20.4 Å². The second-order valence-electron chi connectivity index (χ2n) is 5.17. The molecule has 1 aromatic heterocycles. The van der Waals surface area contributed by atoms with Crippen LogP contribution in [0.3, 0.4) is 0 Å². The van der Waals surface area contributed by atoms with Crippen molar-refractivity contribution in [3.63, 3.8) is 0 Å². The molecule has 2 aromatic rings. The first kappa shape index (κ1) is 16.9. The molecule has 124 valence electrons. The fraction of sp³-hybridized carbons (Fsp3) is 0.333. The number of nitrogens with one attached hydrogen (secondary N) is 2. The average molecular weight is 324 g/mol. The molecule has 0 aliphatic heterocycles. The van der Waals surface area contributed by atoms with E-state index in [1.54, 1.807) is 30.1 Å². The van der Waals surface area contributed by atoms with Crippen LogP contribution in [-0.4, -0.2) is 33.5 Å². The highest BCUT2D eigenvalue weighted by Crippen LogP contribution is 2.17. The Hall–Kier alpha value is -2.48. The zero-order valence-corrected chi connectivity index (χ0v) is 12.5. The lowest BCUT2D eigenvalue weighted by Crippen LogP contribution is -2.43. The number of benzene rings is 1. The number of nitrogens with zero attached hydrogens (tertiary/aromatic N) is 2. The molecule has 8 heteroatoms. The van der Waals surface area contributed by atoms with Crippen molar-refractivity contribution in [2.45, 2.75) is 25.6 Å². The van der Waals surface area contributed by atoms with E-state index >= 15 is 0 Å². The Morgan fingerprint density at radius 2 is 2.22 bits per heavy atom. The van der Waals surface area contributed by atoms with Crippen molar-refractivity contribution in [3.05, 3.63) is 53.9 Å². The Morgan fingerprint density at radius 3 is 2.87 bits per heavy atom. The Bertz CT molecular complexity index is 649. The highest BCUT2D eigenvalue weighted by atomic mass is 19.1. The minimum Gasteiger partial charge on any atom is -0.386 e. The molecule has 0 bridgehead atoms. The maximum absolute atomic E-state index is 13.5. The Kier molecular flexibility index (Phi) is 5.64. The van der Waals surface area contributed by atoms with Crippen molar-refractivity contribution in [3.8, 4) is 0 Å². The van der Waals surface area contributed by atoms with Crippen LogP contribution in [0.2, 0.25) is 0 Å². The predicted octanol–water partition coefficient (Wildman–Crippen LogP) is 1.58. The topological polar surface area (TPSA) is 79.2 Å². The molecule has 0 spiro atoms. The van der Waals surface area contributed by atoms with Gasteiger partial charge in [0.25, 0.3) is 0 Å². The van der Waals surface area contributed by atoms with E-state index < -0.39 is 23.8 Å². The lowest BCUT2D eigenvalue weighted by molar-refractivity contribution is 0.168. The zero-order valence-electron chi connectivity index (χ0n) is 12.5. The molecule has 0 aliphatic rings. The van der Waals surface area contributed by atoms with Crippen LogP contribution in [0.4, 0.5) is 13.6 Å². The van der Waals surface area contributed by atoms with E-state index in [-0.39, 0.29) is 18.2 Å². The molecule has 0 radical (unpaired) electrons. The number of rotatable bonds is 6. The van der Waals surface area contributed by atoms with Crippen LogP contribution < -0.4 is 10.6 Å². The summed E-state index contributed by atoms with van der Waals surface area (Å²) in [4.78, 5) is 11.7. The number of aliphatic hydroxyl groups is 1. The molecule has 0 aliphatic carbocycles. The fourth-order valence-corrected chi connectivity index (χ4v) is 2.08. The third-order valence-electron chi connectivity index (χ3n) is 3.18. The van der Waals surface area contributed by atoms with Crippen molar-refractivity contribution in [1.29, 1.82) is 0 Å². The van der Waals surface area contributed by atoms with Gasteiger partial charge >= 0.3 is 6.03 Å². The number of carbonyl (C=O) groups is 1. The molecule has 23 heavy (non-hydrogen) atoms. The number of hydrogen-bond donors (Lipinski definition) is 3.